The monoisotopic (exact) mass is 458 g/mol. The highest BCUT2D eigenvalue weighted by molar-refractivity contribution is 5.97. The smallest absolute Gasteiger partial charge is 0.240 e. The summed E-state index contributed by atoms with van der Waals surface area (Å²) in [5.74, 6) is -0.437. The van der Waals surface area contributed by atoms with Crippen LogP contribution < -0.4 is 10.6 Å². The molecule has 4 aliphatic rings. The molecule has 178 valence electrons. The number of nitrogens with zero attached hydrogens (tertiary/aromatic N) is 2. The predicted octanol–water partition coefficient (Wildman–Crippen LogP) is 0.772. The third-order valence-electron chi connectivity index (χ3n) is 7.57. The van der Waals surface area contributed by atoms with Crippen molar-refractivity contribution in [2.45, 2.75) is 43.9 Å². The van der Waals surface area contributed by atoms with Gasteiger partial charge in [0.2, 0.25) is 11.8 Å². The zero-order valence-corrected chi connectivity index (χ0v) is 18.7. The fourth-order valence-corrected chi connectivity index (χ4v) is 5.66. The van der Waals surface area contributed by atoms with Gasteiger partial charge in [-0.25, -0.2) is 4.39 Å². The highest BCUT2D eigenvalue weighted by Gasteiger charge is 2.42. The first kappa shape index (κ1) is 22.4. The van der Waals surface area contributed by atoms with Crippen molar-refractivity contribution < 1.29 is 23.5 Å². The molecule has 0 aliphatic carbocycles. The van der Waals surface area contributed by atoms with Gasteiger partial charge in [0.05, 0.1) is 31.3 Å². The number of nitrogens with one attached hydrogen (secondary N) is 2. The molecule has 9 heteroatoms. The molecule has 4 fully saturated rings. The van der Waals surface area contributed by atoms with Gasteiger partial charge in [0, 0.05) is 30.7 Å². The molecule has 33 heavy (non-hydrogen) atoms. The molecule has 4 saturated heterocycles. The first-order valence-electron chi connectivity index (χ1n) is 12.0. The first-order chi connectivity index (χ1) is 16.0. The number of hydrogen-bond donors (Lipinski definition) is 2. The van der Waals surface area contributed by atoms with E-state index in [-0.39, 0.29) is 53.5 Å². The van der Waals surface area contributed by atoms with Crippen LogP contribution in [0.15, 0.2) is 24.3 Å². The average molecular weight is 459 g/mol. The lowest BCUT2D eigenvalue weighted by Crippen LogP contribution is -2.66. The second-order valence-electron chi connectivity index (χ2n) is 9.57. The van der Waals surface area contributed by atoms with Crippen LogP contribution in [0.3, 0.4) is 0 Å². The van der Waals surface area contributed by atoms with Crippen LogP contribution in [-0.2, 0) is 14.3 Å². The van der Waals surface area contributed by atoms with Crippen LogP contribution in [0.1, 0.15) is 36.0 Å². The molecule has 4 atom stereocenters. The number of hydrogen-bond acceptors (Lipinski definition) is 6. The van der Waals surface area contributed by atoms with Crippen molar-refractivity contribution in [1.82, 2.24) is 20.4 Å². The Hall–Kier alpha value is -2.36. The second kappa shape index (κ2) is 9.48. The minimum absolute atomic E-state index is 0.000426. The maximum absolute atomic E-state index is 13.1. The lowest BCUT2D eigenvalue weighted by molar-refractivity contribution is -0.138. The Morgan fingerprint density at radius 3 is 2.58 bits per heavy atom. The summed E-state index contributed by atoms with van der Waals surface area (Å²) in [6.45, 7) is 3.63. The summed E-state index contributed by atoms with van der Waals surface area (Å²) >= 11 is 0. The van der Waals surface area contributed by atoms with Gasteiger partial charge in [-0.15, -0.1) is 0 Å². The molecule has 0 saturated carbocycles. The van der Waals surface area contributed by atoms with Crippen molar-refractivity contribution in [3.63, 3.8) is 0 Å². The van der Waals surface area contributed by atoms with Gasteiger partial charge >= 0.3 is 0 Å². The predicted molar refractivity (Wildman–Crippen MR) is 118 cm³/mol. The largest absolute Gasteiger partial charge is 0.381 e. The molecule has 8 nitrogen and oxygen atoms in total. The van der Waals surface area contributed by atoms with Gasteiger partial charge in [0.25, 0.3) is 0 Å². The van der Waals surface area contributed by atoms with Crippen molar-refractivity contribution in [3.05, 3.63) is 35.6 Å². The van der Waals surface area contributed by atoms with Crippen LogP contribution in [0, 0.1) is 17.7 Å². The molecule has 4 unspecified atom stereocenters. The number of piperidine rings is 1. The van der Waals surface area contributed by atoms with Gasteiger partial charge in [-0.2, -0.15) is 0 Å². The summed E-state index contributed by atoms with van der Waals surface area (Å²) in [7, 11) is 0. The molecule has 0 spiro atoms. The lowest BCUT2D eigenvalue weighted by atomic mass is 9.88. The maximum Gasteiger partial charge on any atom is 0.240 e. The van der Waals surface area contributed by atoms with Gasteiger partial charge in [-0.1, -0.05) is 0 Å². The molecule has 0 radical (unpaired) electrons. The molecular formula is C24H31FN4O4. The van der Waals surface area contributed by atoms with E-state index in [4.69, 9.17) is 4.74 Å². The normalized spacial score (nSPS) is 31.4. The number of amides is 2. The number of rotatable bonds is 5. The molecule has 4 aliphatic heterocycles. The summed E-state index contributed by atoms with van der Waals surface area (Å²) in [6, 6.07) is 5.66. The van der Waals surface area contributed by atoms with Crippen molar-refractivity contribution >= 4 is 17.6 Å². The fraction of sp³-hybridized carbons (Fsp3) is 0.625. The van der Waals surface area contributed by atoms with Crippen LogP contribution in [0.25, 0.3) is 0 Å². The SMILES string of the molecule is O=C(c1ccc(F)cc1)C1CCN(C2CCN(CC3NC(=O)C4COCCC4N3)C2=O)CC1. The number of Topliss-reactive ketones (excluding diaryl/α,β-unsaturated/α-hetero) is 1. The van der Waals surface area contributed by atoms with Crippen molar-refractivity contribution in [3.8, 4) is 0 Å². The summed E-state index contributed by atoms with van der Waals surface area (Å²) in [5, 5.41) is 6.48. The van der Waals surface area contributed by atoms with E-state index in [2.05, 4.69) is 15.5 Å². The van der Waals surface area contributed by atoms with Crippen LogP contribution in [0.4, 0.5) is 4.39 Å². The minimum Gasteiger partial charge on any atom is -0.381 e. The second-order valence-corrected chi connectivity index (χ2v) is 9.57. The lowest BCUT2D eigenvalue weighted by Gasteiger charge is -2.41. The third-order valence-corrected chi connectivity index (χ3v) is 7.57. The van der Waals surface area contributed by atoms with Crippen molar-refractivity contribution in [2.75, 3.05) is 39.4 Å². The molecule has 2 N–H and O–H groups in total. The topological polar surface area (TPSA) is 91.0 Å². The van der Waals surface area contributed by atoms with Crippen molar-refractivity contribution in [2.24, 2.45) is 11.8 Å². The highest BCUT2D eigenvalue weighted by atomic mass is 19.1. The van der Waals surface area contributed by atoms with E-state index < -0.39 is 0 Å². The van der Waals surface area contributed by atoms with Gasteiger partial charge in [0.1, 0.15) is 5.82 Å². The molecular weight excluding hydrogens is 427 g/mol. The first-order valence-corrected chi connectivity index (χ1v) is 12.0. The minimum atomic E-state index is -0.346. The summed E-state index contributed by atoms with van der Waals surface area (Å²) in [4.78, 5) is 42.3. The zero-order valence-electron chi connectivity index (χ0n) is 18.7. The van der Waals surface area contributed by atoms with E-state index in [9.17, 15) is 18.8 Å². The highest BCUT2D eigenvalue weighted by Crippen LogP contribution is 2.27. The number of carbonyl (C=O) groups excluding carboxylic acids is 3. The number of carbonyl (C=O) groups is 3. The molecule has 1 aromatic rings. The number of ether oxygens (including phenoxy) is 1. The van der Waals surface area contributed by atoms with E-state index in [1.165, 1.54) is 12.1 Å². The molecule has 4 heterocycles. The Labute approximate surface area is 192 Å². The van der Waals surface area contributed by atoms with Crippen LogP contribution in [0.2, 0.25) is 0 Å². The van der Waals surface area contributed by atoms with Crippen LogP contribution in [0.5, 0.6) is 0 Å². The molecule has 2 amide bonds. The maximum atomic E-state index is 13.1. The Balaban J connectivity index is 1.12. The van der Waals surface area contributed by atoms with E-state index >= 15 is 0 Å². The Bertz CT molecular complexity index is 902. The third kappa shape index (κ3) is 4.67. The quantitative estimate of drug-likeness (QED) is 0.634. The standard InChI is InChI=1S/C24H31FN4O4/c25-17-3-1-15(2-4-17)22(30)16-5-9-28(10-6-16)20-7-11-29(24(20)32)13-21-26-19-8-12-33-14-18(19)23(31)27-21/h1-4,16,18-21,26H,5-14H2,(H,27,31). The van der Waals surface area contributed by atoms with Gasteiger partial charge < -0.3 is 15.0 Å². The molecule has 0 aromatic heterocycles. The number of fused-ring (bicyclic) bond motifs is 1. The summed E-state index contributed by atoms with van der Waals surface area (Å²) in [6.07, 6.45) is 2.72. The van der Waals surface area contributed by atoms with Crippen molar-refractivity contribution in [1.29, 1.82) is 0 Å². The number of halogens is 1. The van der Waals surface area contributed by atoms with E-state index in [0.29, 0.717) is 57.8 Å². The Kier molecular flexibility index (Phi) is 6.44. The van der Waals surface area contributed by atoms with Crippen LogP contribution >= 0.6 is 0 Å². The molecule has 5 rings (SSSR count). The van der Waals surface area contributed by atoms with E-state index in [1.807, 2.05) is 4.90 Å². The summed E-state index contributed by atoms with van der Waals surface area (Å²) in [5.41, 5.74) is 0.548. The van der Waals surface area contributed by atoms with Gasteiger partial charge in [-0.05, 0) is 63.0 Å². The Morgan fingerprint density at radius 2 is 1.82 bits per heavy atom. The average Bonchev–Trinajstić information content (AvgIpc) is 3.19. The zero-order chi connectivity index (χ0) is 22.9. The number of benzene rings is 1. The summed E-state index contributed by atoms with van der Waals surface area (Å²) < 4.78 is 18.6. The van der Waals surface area contributed by atoms with E-state index in [1.54, 1.807) is 12.1 Å². The molecule has 1 aromatic carbocycles. The number of ketones is 1. The Morgan fingerprint density at radius 1 is 1.06 bits per heavy atom. The van der Waals surface area contributed by atoms with Gasteiger partial charge in [0.15, 0.2) is 5.78 Å². The fourth-order valence-electron chi connectivity index (χ4n) is 5.66. The van der Waals surface area contributed by atoms with E-state index in [0.717, 1.165) is 12.8 Å². The molecule has 0 bridgehead atoms. The van der Waals surface area contributed by atoms with Gasteiger partial charge in [-0.3, -0.25) is 24.6 Å². The number of likely N-dealkylation sites (tertiary alicyclic amines) is 2. The van der Waals surface area contributed by atoms with Crippen LogP contribution in [-0.4, -0.2) is 85.0 Å².